The van der Waals surface area contributed by atoms with Gasteiger partial charge in [0.2, 0.25) is 0 Å². The maximum atomic E-state index is 12.9. The highest BCUT2D eigenvalue weighted by atomic mass is 32.2. The van der Waals surface area contributed by atoms with Crippen molar-refractivity contribution in [2.24, 2.45) is 0 Å². The van der Waals surface area contributed by atoms with Crippen molar-refractivity contribution >= 4 is 51.9 Å². The Morgan fingerprint density at radius 2 is 1.69 bits per heavy atom. The summed E-state index contributed by atoms with van der Waals surface area (Å²) in [6, 6.07) is 23.2. The van der Waals surface area contributed by atoms with E-state index in [4.69, 9.17) is 17.0 Å². The van der Waals surface area contributed by atoms with Crippen molar-refractivity contribution in [1.29, 1.82) is 0 Å². The summed E-state index contributed by atoms with van der Waals surface area (Å²) in [6.07, 6.45) is 2.59. The Labute approximate surface area is 215 Å². The predicted octanol–water partition coefficient (Wildman–Crippen LogP) is 5.76. The molecule has 2 amide bonds. The maximum absolute atomic E-state index is 12.9. The van der Waals surface area contributed by atoms with Crippen LogP contribution >= 0.6 is 24.0 Å². The molecule has 0 saturated carbocycles. The number of benzene rings is 3. The van der Waals surface area contributed by atoms with Gasteiger partial charge in [-0.3, -0.25) is 14.5 Å². The maximum Gasteiger partial charge on any atom is 0.266 e. The Morgan fingerprint density at radius 3 is 2.37 bits per heavy atom. The van der Waals surface area contributed by atoms with Crippen LogP contribution in [0.25, 0.3) is 6.08 Å². The van der Waals surface area contributed by atoms with Gasteiger partial charge in [0.25, 0.3) is 11.8 Å². The van der Waals surface area contributed by atoms with E-state index in [0.717, 1.165) is 28.8 Å². The molecule has 3 aromatic rings. The molecule has 1 heterocycles. The molecule has 0 aliphatic carbocycles. The number of hydrogen-bond acceptors (Lipinski definition) is 5. The number of amides is 2. The minimum atomic E-state index is -0.217. The molecule has 1 fully saturated rings. The SMILES string of the molecule is Cc1cccc(C)c1NC(=O)COc1ccc(/C=C2\SC(=S)N(CCc3ccccc3)C2=O)cc1. The van der Waals surface area contributed by atoms with E-state index in [0.29, 0.717) is 21.5 Å². The van der Waals surface area contributed by atoms with Gasteiger partial charge in [0.15, 0.2) is 6.61 Å². The fourth-order valence-corrected chi connectivity index (χ4v) is 5.03. The average Bonchev–Trinajstić information content (AvgIpc) is 3.12. The molecule has 0 spiro atoms. The van der Waals surface area contributed by atoms with Crippen LogP contribution in [-0.4, -0.2) is 34.2 Å². The molecule has 1 aliphatic heterocycles. The van der Waals surface area contributed by atoms with Gasteiger partial charge in [-0.1, -0.05) is 84.6 Å². The van der Waals surface area contributed by atoms with Crippen LogP contribution in [0.1, 0.15) is 22.3 Å². The standard InChI is InChI=1S/C28H26N2O3S2/c1-19-7-6-8-20(2)26(19)29-25(31)18-33-23-13-11-22(12-14-23)17-24-27(32)30(28(34)35-24)16-15-21-9-4-3-5-10-21/h3-14,17H,15-16,18H2,1-2H3,(H,29,31)/b24-17-. The second-order valence-corrected chi connectivity index (χ2v) is 9.92. The van der Waals surface area contributed by atoms with E-state index in [2.05, 4.69) is 5.32 Å². The largest absolute Gasteiger partial charge is 0.484 e. The lowest BCUT2D eigenvalue weighted by Crippen LogP contribution is -2.30. The zero-order valence-electron chi connectivity index (χ0n) is 19.6. The Bertz CT molecular complexity index is 1250. The lowest BCUT2D eigenvalue weighted by atomic mass is 10.1. The van der Waals surface area contributed by atoms with Gasteiger partial charge in [0, 0.05) is 12.2 Å². The number of thiocarbonyl (C=S) groups is 1. The van der Waals surface area contributed by atoms with Gasteiger partial charge in [-0.25, -0.2) is 0 Å². The zero-order chi connectivity index (χ0) is 24.8. The summed E-state index contributed by atoms with van der Waals surface area (Å²) in [5.74, 6) is 0.291. The molecule has 1 N–H and O–H groups in total. The van der Waals surface area contributed by atoms with E-state index in [9.17, 15) is 9.59 Å². The number of nitrogens with one attached hydrogen (secondary N) is 1. The first-order valence-corrected chi connectivity index (χ1v) is 12.5. The summed E-state index contributed by atoms with van der Waals surface area (Å²) in [6.45, 7) is 4.38. The first-order chi connectivity index (χ1) is 16.9. The summed E-state index contributed by atoms with van der Waals surface area (Å²) in [5.41, 5.74) is 4.86. The fraction of sp³-hybridized carbons (Fsp3) is 0.179. The number of anilines is 1. The lowest BCUT2D eigenvalue weighted by Gasteiger charge is -2.14. The number of para-hydroxylation sites is 1. The molecule has 0 atom stereocenters. The topological polar surface area (TPSA) is 58.6 Å². The van der Waals surface area contributed by atoms with Gasteiger partial charge in [0.1, 0.15) is 10.1 Å². The van der Waals surface area contributed by atoms with E-state index in [-0.39, 0.29) is 18.4 Å². The van der Waals surface area contributed by atoms with Crippen molar-refractivity contribution in [3.05, 3.63) is 100.0 Å². The number of thioether (sulfide) groups is 1. The highest BCUT2D eigenvalue weighted by Gasteiger charge is 2.31. The summed E-state index contributed by atoms with van der Waals surface area (Å²) in [5, 5.41) is 2.91. The van der Waals surface area contributed by atoms with Gasteiger partial charge >= 0.3 is 0 Å². The molecule has 3 aromatic carbocycles. The van der Waals surface area contributed by atoms with Crippen LogP contribution in [0.3, 0.4) is 0 Å². The highest BCUT2D eigenvalue weighted by Crippen LogP contribution is 2.33. The molecule has 0 bridgehead atoms. The molecular formula is C28H26N2O3S2. The molecule has 1 saturated heterocycles. The van der Waals surface area contributed by atoms with Crippen molar-refractivity contribution in [3.63, 3.8) is 0 Å². The van der Waals surface area contributed by atoms with Crippen molar-refractivity contribution in [2.75, 3.05) is 18.5 Å². The molecule has 0 radical (unpaired) electrons. The van der Waals surface area contributed by atoms with Gasteiger partial charge in [-0.05, 0) is 60.7 Å². The minimum Gasteiger partial charge on any atom is -0.484 e. The Hall–Kier alpha value is -3.42. The Morgan fingerprint density at radius 1 is 1.00 bits per heavy atom. The molecule has 0 aromatic heterocycles. The molecule has 5 nitrogen and oxygen atoms in total. The number of aryl methyl sites for hydroxylation is 2. The van der Waals surface area contributed by atoms with Crippen LogP contribution in [0, 0.1) is 13.8 Å². The molecular weight excluding hydrogens is 476 g/mol. The average molecular weight is 503 g/mol. The van der Waals surface area contributed by atoms with Crippen molar-refractivity contribution < 1.29 is 14.3 Å². The normalized spacial score (nSPS) is 14.5. The van der Waals surface area contributed by atoms with Crippen LogP contribution in [0.4, 0.5) is 5.69 Å². The number of carbonyl (C=O) groups is 2. The van der Waals surface area contributed by atoms with Crippen LogP contribution < -0.4 is 10.1 Å². The Balaban J connectivity index is 1.32. The van der Waals surface area contributed by atoms with Crippen LogP contribution in [-0.2, 0) is 16.0 Å². The minimum absolute atomic E-state index is 0.0700. The highest BCUT2D eigenvalue weighted by molar-refractivity contribution is 8.26. The molecule has 4 rings (SSSR count). The van der Waals surface area contributed by atoms with Crippen LogP contribution in [0.2, 0.25) is 0 Å². The van der Waals surface area contributed by atoms with Crippen molar-refractivity contribution in [3.8, 4) is 5.75 Å². The predicted molar refractivity (Wildman–Crippen MR) is 147 cm³/mol. The third-order valence-corrected chi connectivity index (χ3v) is 7.01. The van der Waals surface area contributed by atoms with Gasteiger partial charge in [0.05, 0.1) is 4.91 Å². The smallest absolute Gasteiger partial charge is 0.266 e. The summed E-state index contributed by atoms with van der Waals surface area (Å²) < 4.78 is 6.22. The third kappa shape index (κ3) is 6.38. The van der Waals surface area contributed by atoms with Crippen molar-refractivity contribution in [2.45, 2.75) is 20.3 Å². The second kappa shape index (κ2) is 11.3. The van der Waals surface area contributed by atoms with Crippen LogP contribution in [0.15, 0.2) is 77.7 Å². The van der Waals surface area contributed by atoms with E-state index in [1.165, 1.54) is 17.3 Å². The molecule has 35 heavy (non-hydrogen) atoms. The number of nitrogens with zero attached hydrogens (tertiary/aromatic N) is 1. The number of hydrogen-bond donors (Lipinski definition) is 1. The van der Waals surface area contributed by atoms with Gasteiger partial charge in [-0.15, -0.1) is 0 Å². The zero-order valence-corrected chi connectivity index (χ0v) is 21.2. The fourth-order valence-electron chi connectivity index (χ4n) is 3.73. The lowest BCUT2D eigenvalue weighted by molar-refractivity contribution is -0.122. The molecule has 1 aliphatic rings. The third-order valence-electron chi connectivity index (χ3n) is 5.63. The summed E-state index contributed by atoms with van der Waals surface area (Å²) in [7, 11) is 0. The van der Waals surface area contributed by atoms with Crippen LogP contribution in [0.5, 0.6) is 5.75 Å². The second-order valence-electron chi connectivity index (χ2n) is 8.24. The number of carbonyl (C=O) groups excluding carboxylic acids is 2. The first-order valence-electron chi connectivity index (χ1n) is 11.3. The van der Waals surface area contributed by atoms with Gasteiger partial charge in [-0.2, -0.15) is 0 Å². The monoisotopic (exact) mass is 502 g/mol. The number of ether oxygens (including phenoxy) is 1. The van der Waals surface area contributed by atoms with Gasteiger partial charge < -0.3 is 10.1 Å². The molecule has 178 valence electrons. The van der Waals surface area contributed by atoms with E-state index < -0.39 is 0 Å². The summed E-state index contributed by atoms with van der Waals surface area (Å²) >= 11 is 6.76. The molecule has 7 heteroatoms. The quantitative estimate of drug-likeness (QED) is 0.313. The molecule has 0 unspecified atom stereocenters. The number of rotatable bonds is 8. The Kier molecular flexibility index (Phi) is 8.00. The first kappa shape index (κ1) is 24.7. The van der Waals surface area contributed by atoms with E-state index in [1.54, 1.807) is 17.0 Å². The summed E-state index contributed by atoms with van der Waals surface area (Å²) in [4.78, 5) is 27.4. The van der Waals surface area contributed by atoms with Crippen molar-refractivity contribution in [1.82, 2.24) is 4.90 Å². The van der Waals surface area contributed by atoms with E-state index in [1.807, 2.05) is 80.6 Å². The van der Waals surface area contributed by atoms with E-state index >= 15 is 0 Å².